The van der Waals surface area contributed by atoms with Gasteiger partial charge < -0.3 is 14.4 Å². The molecule has 2 bridgehead atoms. The summed E-state index contributed by atoms with van der Waals surface area (Å²) in [7, 11) is -7.12. The van der Waals surface area contributed by atoms with Crippen LogP contribution in [-0.2, 0) is 29.1 Å². The van der Waals surface area contributed by atoms with Crippen LogP contribution in [0.3, 0.4) is 0 Å². The van der Waals surface area contributed by atoms with Gasteiger partial charge in [-0.05, 0) is 95.8 Å². The summed E-state index contributed by atoms with van der Waals surface area (Å²) in [4.78, 5) is 5.48. The summed E-state index contributed by atoms with van der Waals surface area (Å²) in [5.74, 6) is 0.764. The van der Waals surface area contributed by atoms with Crippen molar-refractivity contribution >= 4 is 19.7 Å². The monoisotopic (exact) mass is 566 g/mol. The molecule has 38 heavy (non-hydrogen) atoms. The number of nitrogens with zero attached hydrogens (tertiary/aromatic N) is 2. The summed E-state index contributed by atoms with van der Waals surface area (Å²) >= 11 is 0. The van der Waals surface area contributed by atoms with Crippen LogP contribution >= 0.6 is 0 Å². The zero-order valence-corrected chi connectivity index (χ0v) is 23.9. The van der Waals surface area contributed by atoms with Gasteiger partial charge in [-0.3, -0.25) is 4.90 Å². The van der Waals surface area contributed by atoms with E-state index in [1.54, 1.807) is 0 Å². The van der Waals surface area contributed by atoms with Gasteiger partial charge in [0.15, 0.2) is 19.7 Å². The van der Waals surface area contributed by atoms with Crippen molar-refractivity contribution in [1.29, 1.82) is 0 Å². The maximum absolute atomic E-state index is 14.1. The van der Waals surface area contributed by atoms with Gasteiger partial charge in [0.1, 0.15) is 11.7 Å². The number of sulfone groups is 2. The maximum atomic E-state index is 14.1. The molecule has 7 aliphatic heterocycles. The predicted molar refractivity (Wildman–Crippen MR) is 145 cm³/mol. The number of ether oxygens (including phenoxy) is 2. The summed E-state index contributed by atoms with van der Waals surface area (Å²) in [5.41, 5.74) is -1.88. The highest BCUT2D eigenvalue weighted by atomic mass is 32.2. The van der Waals surface area contributed by atoms with Gasteiger partial charge in [-0.2, -0.15) is 0 Å². The van der Waals surface area contributed by atoms with Gasteiger partial charge in [0, 0.05) is 24.1 Å². The predicted octanol–water partition coefficient (Wildman–Crippen LogP) is 2.81. The van der Waals surface area contributed by atoms with Crippen LogP contribution in [0.15, 0.2) is 23.3 Å². The molecule has 212 valence electrons. The van der Waals surface area contributed by atoms with Gasteiger partial charge in [0.25, 0.3) is 0 Å². The van der Waals surface area contributed by atoms with Crippen molar-refractivity contribution in [2.45, 2.75) is 104 Å². The third-order valence-electron chi connectivity index (χ3n) is 11.1. The Kier molecular flexibility index (Phi) is 6.36. The number of hydrogen-bond donors (Lipinski definition) is 0. The summed E-state index contributed by atoms with van der Waals surface area (Å²) in [6.07, 6.45) is 14.0. The topological polar surface area (TPSA) is 93.2 Å². The first-order valence-corrected chi connectivity index (χ1v) is 18.1. The highest BCUT2D eigenvalue weighted by molar-refractivity contribution is 7.96. The first-order valence-electron chi connectivity index (χ1n) is 14.9. The molecule has 7 heterocycles. The first-order chi connectivity index (χ1) is 18.3. The minimum absolute atomic E-state index is 0.118. The molecule has 6 atom stereocenters. The molecule has 6 unspecified atom stereocenters. The minimum Gasteiger partial charge on any atom is -0.374 e. The summed E-state index contributed by atoms with van der Waals surface area (Å²) in [5, 5.41) is -1.54. The van der Waals surface area contributed by atoms with Gasteiger partial charge in [-0.25, -0.2) is 16.8 Å². The molecule has 10 heteroatoms. The molecule has 0 aromatic rings. The average molecular weight is 567 g/mol. The lowest BCUT2D eigenvalue weighted by Gasteiger charge is -2.63. The molecule has 0 aromatic carbocycles. The Morgan fingerprint density at radius 2 is 1.82 bits per heavy atom. The van der Waals surface area contributed by atoms with E-state index in [1.165, 1.54) is 12.8 Å². The van der Waals surface area contributed by atoms with Crippen LogP contribution in [0.4, 0.5) is 0 Å². The molecule has 0 amide bonds. The molecule has 0 N–H and O–H groups in total. The van der Waals surface area contributed by atoms with Gasteiger partial charge in [-0.15, -0.1) is 0 Å². The van der Waals surface area contributed by atoms with Gasteiger partial charge >= 0.3 is 0 Å². The van der Waals surface area contributed by atoms with E-state index in [0.29, 0.717) is 62.6 Å². The van der Waals surface area contributed by atoms with Crippen molar-refractivity contribution in [2.24, 2.45) is 5.92 Å². The lowest BCUT2D eigenvalue weighted by Crippen LogP contribution is -2.80. The van der Waals surface area contributed by atoms with E-state index < -0.39 is 47.4 Å². The normalized spacial score (nSPS) is 46.3. The quantitative estimate of drug-likeness (QED) is 0.485. The molecule has 6 fully saturated rings. The average Bonchev–Trinajstić information content (AvgIpc) is 3.62. The van der Waals surface area contributed by atoms with Crippen LogP contribution in [0.2, 0.25) is 0 Å². The number of piperidine rings is 3. The third-order valence-corrected chi connectivity index (χ3v) is 15.7. The lowest BCUT2D eigenvalue weighted by atomic mass is 9.62. The Labute approximate surface area is 227 Å². The second kappa shape index (κ2) is 9.29. The van der Waals surface area contributed by atoms with Gasteiger partial charge in [-0.1, -0.05) is 12.2 Å². The molecule has 0 aromatic heterocycles. The van der Waals surface area contributed by atoms with Crippen molar-refractivity contribution in [3.8, 4) is 0 Å². The van der Waals surface area contributed by atoms with Gasteiger partial charge in [0.05, 0.1) is 28.4 Å². The van der Waals surface area contributed by atoms with E-state index in [-0.39, 0.29) is 11.8 Å². The fourth-order valence-corrected chi connectivity index (χ4v) is 13.9. The summed E-state index contributed by atoms with van der Waals surface area (Å²) < 4.78 is 69.7. The fraction of sp³-hybridized carbons (Fsp3) is 0.857. The molecule has 8 nitrogen and oxygen atoms in total. The van der Waals surface area contributed by atoms with Crippen LogP contribution in [0.5, 0.6) is 0 Å². The molecular weight excluding hydrogens is 524 g/mol. The van der Waals surface area contributed by atoms with Gasteiger partial charge in [0.2, 0.25) is 0 Å². The number of rotatable bonds is 6. The number of fused-ring (bicyclic) bond motifs is 3. The largest absolute Gasteiger partial charge is 0.374 e. The molecule has 1 aliphatic carbocycles. The highest BCUT2D eigenvalue weighted by Crippen LogP contribution is 2.58. The van der Waals surface area contributed by atoms with Crippen molar-refractivity contribution < 1.29 is 26.3 Å². The maximum Gasteiger partial charge on any atom is 0.179 e. The second-order valence-corrected chi connectivity index (χ2v) is 17.2. The lowest BCUT2D eigenvalue weighted by molar-refractivity contribution is -0.201. The molecular formula is C28H42N2O6S2. The Morgan fingerprint density at radius 3 is 2.42 bits per heavy atom. The first kappa shape index (κ1) is 26.0. The Bertz CT molecular complexity index is 1220. The van der Waals surface area contributed by atoms with E-state index in [2.05, 4.69) is 22.1 Å². The zero-order chi connectivity index (χ0) is 26.2. The SMILES string of the molecule is O=S1(=O)CCCC1C1(C2OCCCC2S(=O)(=O)C2=CCC2)OCCC1(C1CC2CCN1CC2)N1C=CCC1. The van der Waals surface area contributed by atoms with Crippen LogP contribution in [0, 0.1) is 5.92 Å². The minimum atomic E-state index is -3.62. The van der Waals surface area contributed by atoms with E-state index in [9.17, 15) is 16.8 Å². The fourth-order valence-electron chi connectivity index (χ4n) is 9.31. The molecule has 6 saturated heterocycles. The second-order valence-electron chi connectivity index (χ2n) is 12.6. The molecule has 0 spiro atoms. The molecule has 0 radical (unpaired) electrons. The van der Waals surface area contributed by atoms with Crippen molar-refractivity contribution in [3.63, 3.8) is 0 Å². The number of hydrogen-bond acceptors (Lipinski definition) is 8. The van der Waals surface area contributed by atoms with Crippen molar-refractivity contribution in [3.05, 3.63) is 23.3 Å². The third kappa shape index (κ3) is 3.55. The highest BCUT2D eigenvalue weighted by Gasteiger charge is 2.75. The Morgan fingerprint density at radius 1 is 1.00 bits per heavy atom. The van der Waals surface area contributed by atoms with E-state index in [0.717, 1.165) is 38.9 Å². The Balaban J connectivity index is 1.46. The molecule has 8 aliphatic rings. The number of allylic oxidation sites excluding steroid dienone is 2. The van der Waals surface area contributed by atoms with Crippen LogP contribution < -0.4 is 0 Å². The van der Waals surface area contributed by atoms with Crippen molar-refractivity contribution in [1.82, 2.24) is 9.80 Å². The van der Waals surface area contributed by atoms with Crippen LogP contribution in [-0.4, -0.2) is 99.0 Å². The molecule has 8 rings (SSSR count). The van der Waals surface area contributed by atoms with Crippen LogP contribution in [0.25, 0.3) is 0 Å². The molecule has 0 saturated carbocycles. The zero-order valence-electron chi connectivity index (χ0n) is 22.3. The smallest absolute Gasteiger partial charge is 0.179 e. The van der Waals surface area contributed by atoms with Crippen LogP contribution in [0.1, 0.15) is 70.6 Å². The Hall–Kier alpha value is -0.940. The summed E-state index contributed by atoms with van der Waals surface area (Å²) in [6.45, 7) is 3.71. The van der Waals surface area contributed by atoms with E-state index in [1.807, 2.05) is 6.08 Å². The van der Waals surface area contributed by atoms with Crippen molar-refractivity contribution in [2.75, 3.05) is 38.6 Å². The standard InChI is InChI=1S/C28H42N2O6S2/c31-37(32)19-5-9-25(37)28(26-23(8-4-17-35-26)38(33,34)22-6-3-7-22)27(12-18-36-28,30-13-1-2-14-30)24-20-21-10-15-29(24)16-11-21/h1,6,13,21,23-26H,2-5,7-12,14-20H2. The van der Waals surface area contributed by atoms with E-state index in [4.69, 9.17) is 9.47 Å². The summed E-state index contributed by atoms with van der Waals surface area (Å²) in [6, 6.07) is 0.118. The van der Waals surface area contributed by atoms with E-state index >= 15 is 0 Å².